The highest BCUT2D eigenvalue weighted by molar-refractivity contribution is 5.99. The molecule has 1 aromatic rings. The lowest BCUT2D eigenvalue weighted by molar-refractivity contribution is 0.0512. The van der Waals surface area contributed by atoms with Crippen molar-refractivity contribution in [1.29, 1.82) is 0 Å². The second-order valence-electron chi connectivity index (χ2n) is 5.81. The third kappa shape index (κ3) is 4.05. The lowest BCUT2D eigenvalue weighted by Crippen LogP contribution is -2.47. The van der Waals surface area contributed by atoms with E-state index in [1.807, 2.05) is 0 Å². The van der Waals surface area contributed by atoms with Crippen LogP contribution in [0.15, 0.2) is 24.3 Å². The van der Waals surface area contributed by atoms with Crippen molar-refractivity contribution in [2.45, 2.75) is 12.8 Å². The lowest BCUT2D eigenvalue weighted by atomic mass is 9.79. The van der Waals surface area contributed by atoms with Gasteiger partial charge >= 0.3 is 0 Å². The summed E-state index contributed by atoms with van der Waals surface area (Å²) in [6.07, 6.45) is 1.92. The van der Waals surface area contributed by atoms with E-state index in [0.717, 1.165) is 25.9 Å². The normalized spacial score (nSPS) is 17.0. The Morgan fingerprint density at radius 1 is 1.32 bits per heavy atom. The predicted octanol–water partition coefficient (Wildman–Crippen LogP) is 0.532. The molecule has 6 heteroatoms. The summed E-state index contributed by atoms with van der Waals surface area (Å²) < 4.78 is 5.33. The van der Waals surface area contributed by atoms with Crippen LogP contribution < -0.4 is 16.4 Å². The Morgan fingerprint density at radius 2 is 2.00 bits per heavy atom. The molecule has 0 aromatic heterocycles. The quantitative estimate of drug-likeness (QED) is 0.715. The standard InChI is InChI=1S/C16H23N3O3/c1-22-11-16(5-7-18-8-6-16)10-19-15(21)13-4-2-3-12(9-13)14(17)20/h2-4,9,18H,5-8,10-11H2,1H3,(H2,17,20)(H,19,21). The van der Waals surface area contributed by atoms with E-state index >= 15 is 0 Å². The summed E-state index contributed by atoms with van der Waals surface area (Å²) in [5.41, 5.74) is 5.99. The molecular formula is C16H23N3O3. The summed E-state index contributed by atoms with van der Waals surface area (Å²) in [5, 5.41) is 6.28. The number of amides is 2. The van der Waals surface area contributed by atoms with E-state index in [-0.39, 0.29) is 11.3 Å². The van der Waals surface area contributed by atoms with Crippen molar-refractivity contribution in [2.75, 3.05) is 33.4 Å². The summed E-state index contributed by atoms with van der Waals surface area (Å²) in [6.45, 7) is 3.03. The van der Waals surface area contributed by atoms with E-state index in [1.54, 1.807) is 25.3 Å². The van der Waals surface area contributed by atoms with E-state index < -0.39 is 5.91 Å². The lowest BCUT2D eigenvalue weighted by Gasteiger charge is -2.37. The first-order chi connectivity index (χ1) is 10.6. The number of ether oxygens (including phenoxy) is 1. The zero-order valence-electron chi connectivity index (χ0n) is 12.9. The van der Waals surface area contributed by atoms with Gasteiger partial charge in [0.05, 0.1) is 6.61 Å². The molecule has 0 unspecified atom stereocenters. The molecule has 0 saturated carbocycles. The van der Waals surface area contributed by atoms with Crippen molar-refractivity contribution >= 4 is 11.8 Å². The SMILES string of the molecule is COCC1(CNC(=O)c2cccc(C(N)=O)c2)CCNCC1. The van der Waals surface area contributed by atoms with Gasteiger partial charge in [-0.05, 0) is 44.1 Å². The van der Waals surface area contributed by atoms with Crippen LogP contribution in [0.3, 0.4) is 0 Å². The molecule has 1 saturated heterocycles. The van der Waals surface area contributed by atoms with Crippen molar-refractivity contribution in [2.24, 2.45) is 11.1 Å². The van der Waals surface area contributed by atoms with E-state index in [9.17, 15) is 9.59 Å². The zero-order valence-corrected chi connectivity index (χ0v) is 12.9. The molecule has 2 amide bonds. The van der Waals surface area contributed by atoms with Gasteiger partial charge in [-0.2, -0.15) is 0 Å². The minimum Gasteiger partial charge on any atom is -0.384 e. The van der Waals surface area contributed by atoms with Crippen LogP contribution in [0.1, 0.15) is 33.6 Å². The van der Waals surface area contributed by atoms with Crippen LogP contribution in [0.25, 0.3) is 0 Å². The topological polar surface area (TPSA) is 93.4 Å². The van der Waals surface area contributed by atoms with Gasteiger partial charge in [0.2, 0.25) is 5.91 Å². The molecule has 2 rings (SSSR count). The predicted molar refractivity (Wildman–Crippen MR) is 83.7 cm³/mol. The Labute approximate surface area is 130 Å². The molecule has 120 valence electrons. The summed E-state index contributed by atoms with van der Waals surface area (Å²) in [6, 6.07) is 6.44. The zero-order chi connectivity index (χ0) is 16.0. The van der Waals surface area contributed by atoms with E-state index in [0.29, 0.717) is 24.3 Å². The minimum absolute atomic E-state index is 0.0308. The van der Waals surface area contributed by atoms with Gasteiger partial charge in [0.1, 0.15) is 0 Å². The third-order valence-corrected chi connectivity index (χ3v) is 4.15. The van der Waals surface area contributed by atoms with Gasteiger partial charge in [-0.3, -0.25) is 9.59 Å². The highest BCUT2D eigenvalue weighted by Gasteiger charge is 2.32. The fourth-order valence-electron chi connectivity index (χ4n) is 2.82. The first kappa shape index (κ1) is 16.5. The number of piperidine rings is 1. The number of carbonyl (C=O) groups excluding carboxylic acids is 2. The minimum atomic E-state index is -0.538. The van der Waals surface area contributed by atoms with E-state index in [4.69, 9.17) is 10.5 Å². The van der Waals surface area contributed by atoms with Gasteiger partial charge in [0.15, 0.2) is 0 Å². The second kappa shape index (κ2) is 7.38. The fourth-order valence-corrected chi connectivity index (χ4v) is 2.82. The Hall–Kier alpha value is -1.92. The van der Waals surface area contributed by atoms with Crippen LogP contribution in [0.5, 0.6) is 0 Å². The molecule has 1 aromatic carbocycles. The van der Waals surface area contributed by atoms with Gasteiger partial charge in [0, 0.05) is 30.2 Å². The maximum atomic E-state index is 12.3. The number of rotatable bonds is 6. The van der Waals surface area contributed by atoms with Crippen LogP contribution in [0.2, 0.25) is 0 Å². The molecule has 1 fully saturated rings. The molecule has 0 aliphatic carbocycles. The number of carbonyl (C=O) groups is 2. The van der Waals surface area contributed by atoms with Crippen LogP contribution in [-0.2, 0) is 4.74 Å². The molecule has 6 nitrogen and oxygen atoms in total. The van der Waals surface area contributed by atoms with E-state index in [2.05, 4.69) is 10.6 Å². The van der Waals surface area contributed by atoms with Crippen molar-refractivity contribution in [3.63, 3.8) is 0 Å². The molecule has 22 heavy (non-hydrogen) atoms. The first-order valence-corrected chi connectivity index (χ1v) is 7.44. The highest BCUT2D eigenvalue weighted by atomic mass is 16.5. The van der Waals surface area contributed by atoms with Gasteiger partial charge in [0.25, 0.3) is 5.91 Å². The second-order valence-corrected chi connectivity index (χ2v) is 5.81. The molecule has 1 heterocycles. The smallest absolute Gasteiger partial charge is 0.251 e. The Balaban J connectivity index is 2.01. The van der Waals surface area contributed by atoms with Crippen LogP contribution in [-0.4, -0.2) is 45.2 Å². The Morgan fingerprint density at radius 3 is 2.64 bits per heavy atom. The molecule has 0 spiro atoms. The number of hydrogen-bond acceptors (Lipinski definition) is 4. The number of nitrogens with two attached hydrogens (primary N) is 1. The van der Waals surface area contributed by atoms with E-state index in [1.165, 1.54) is 6.07 Å². The molecule has 0 atom stereocenters. The first-order valence-electron chi connectivity index (χ1n) is 7.44. The largest absolute Gasteiger partial charge is 0.384 e. The average molecular weight is 305 g/mol. The summed E-state index contributed by atoms with van der Waals surface area (Å²) >= 11 is 0. The van der Waals surface area contributed by atoms with Gasteiger partial charge in [-0.1, -0.05) is 6.07 Å². The molecule has 0 radical (unpaired) electrons. The highest BCUT2D eigenvalue weighted by Crippen LogP contribution is 2.28. The maximum absolute atomic E-state index is 12.3. The molecular weight excluding hydrogens is 282 g/mol. The average Bonchev–Trinajstić information content (AvgIpc) is 2.54. The number of hydrogen-bond donors (Lipinski definition) is 3. The monoisotopic (exact) mass is 305 g/mol. The molecule has 0 bridgehead atoms. The number of benzene rings is 1. The summed E-state index contributed by atoms with van der Waals surface area (Å²) in [7, 11) is 1.68. The number of primary amides is 1. The Kier molecular flexibility index (Phi) is 5.51. The van der Waals surface area contributed by atoms with Crippen LogP contribution in [0, 0.1) is 5.41 Å². The summed E-state index contributed by atoms with van der Waals surface area (Å²) in [4.78, 5) is 23.5. The fraction of sp³-hybridized carbons (Fsp3) is 0.500. The van der Waals surface area contributed by atoms with Crippen LogP contribution >= 0.6 is 0 Å². The van der Waals surface area contributed by atoms with Gasteiger partial charge < -0.3 is 21.1 Å². The van der Waals surface area contributed by atoms with Crippen molar-refractivity contribution in [1.82, 2.24) is 10.6 Å². The van der Waals surface area contributed by atoms with Crippen molar-refractivity contribution in [3.8, 4) is 0 Å². The molecule has 4 N–H and O–H groups in total. The molecule has 1 aliphatic rings. The van der Waals surface area contributed by atoms with Gasteiger partial charge in [-0.25, -0.2) is 0 Å². The van der Waals surface area contributed by atoms with Gasteiger partial charge in [-0.15, -0.1) is 0 Å². The number of methoxy groups -OCH3 is 1. The van der Waals surface area contributed by atoms with Crippen molar-refractivity contribution in [3.05, 3.63) is 35.4 Å². The third-order valence-electron chi connectivity index (χ3n) is 4.15. The molecule has 1 aliphatic heterocycles. The maximum Gasteiger partial charge on any atom is 0.251 e. The Bertz CT molecular complexity index is 534. The van der Waals surface area contributed by atoms with Crippen LogP contribution in [0.4, 0.5) is 0 Å². The van der Waals surface area contributed by atoms with Crippen molar-refractivity contribution < 1.29 is 14.3 Å². The number of nitrogens with one attached hydrogen (secondary N) is 2. The summed E-state index contributed by atoms with van der Waals surface area (Å²) in [5.74, 6) is -0.735.